The molecule has 1 heterocycles. The van der Waals surface area contributed by atoms with Crippen LogP contribution in [0.3, 0.4) is 0 Å². The van der Waals surface area contributed by atoms with Gasteiger partial charge in [0.15, 0.2) is 6.29 Å². The largest absolute Gasteiger partial charge is 0.394 e. The monoisotopic (exact) mass is 1070 g/mol. The lowest BCUT2D eigenvalue weighted by molar-refractivity contribution is -0.303. The van der Waals surface area contributed by atoms with E-state index in [1.54, 1.807) is 0 Å². The van der Waals surface area contributed by atoms with Crippen molar-refractivity contribution in [3.63, 3.8) is 0 Å². The molecule has 9 atom stereocenters. The summed E-state index contributed by atoms with van der Waals surface area (Å²) in [6, 6.07) is -1.18. The first-order valence-corrected chi connectivity index (χ1v) is 32.2. The highest BCUT2D eigenvalue weighted by atomic mass is 16.7. The Morgan fingerprint density at radius 2 is 0.787 bits per heavy atom. The van der Waals surface area contributed by atoms with Crippen LogP contribution in [0.25, 0.3) is 0 Å². The summed E-state index contributed by atoms with van der Waals surface area (Å²) in [5.41, 5.74) is 0. The number of allylic oxidation sites excluding steroid dienone is 4. The number of unbranched alkanes of at least 4 members (excludes halogenated alkanes) is 40. The van der Waals surface area contributed by atoms with Gasteiger partial charge in [-0.1, -0.05) is 269 Å². The second kappa shape index (κ2) is 53.2. The lowest BCUT2D eigenvalue weighted by atomic mass is 9.98. The van der Waals surface area contributed by atoms with Crippen molar-refractivity contribution in [1.82, 2.24) is 5.32 Å². The van der Waals surface area contributed by atoms with E-state index in [1.165, 1.54) is 231 Å². The summed E-state index contributed by atoms with van der Waals surface area (Å²) >= 11 is 0. The average Bonchev–Trinajstić information content (AvgIpc) is 3.41. The number of rotatable bonds is 56. The van der Waals surface area contributed by atoms with Gasteiger partial charge < -0.3 is 50.5 Å². The predicted octanol–water partition coefficient (Wildman–Crippen LogP) is 14.5. The molecule has 1 amide bonds. The van der Waals surface area contributed by atoms with Crippen LogP contribution in [0.5, 0.6) is 0 Å². The Morgan fingerprint density at radius 1 is 0.453 bits per heavy atom. The van der Waals surface area contributed by atoms with E-state index >= 15 is 0 Å². The molecule has 0 aromatic carbocycles. The first-order valence-electron chi connectivity index (χ1n) is 32.2. The maximum atomic E-state index is 13.2. The third kappa shape index (κ3) is 41.3. The molecule has 9 unspecified atom stereocenters. The highest BCUT2D eigenvalue weighted by molar-refractivity contribution is 5.80. The van der Waals surface area contributed by atoms with Crippen LogP contribution in [0.2, 0.25) is 0 Å². The summed E-state index contributed by atoms with van der Waals surface area (Å²) in [4.78, 5) is 13.2. The lowest BCUT2D eigenvalue weighted by Gasteiger charge is -2.40. The Kier molecular flexibility index (Phi) is 50.8. The van der Waals surface area contributed by atoms with E-state index in [9.17, 15) is 40.5 Å². The molecule has 0 spiro atoms. The standard InChI is InChI=1S/C64H123NO10/c1-3-5-7-9-11-13-15-17-19-21-22-23-24-25-26-27-28-29-30-31-32-33-34-35-36-38-40-42-44-46-48-50-52-57(68)63(73)65-55(54-74-64-62(72)61(71)60(70)58(53-66)75-64)59(69)56(67)51-49-47-45-43-41-39-37-20-18-16-14-12-10-8-6-4-2/h25-26,43,45,55-62,64,66-72H,3-24,27-42,44,46-54H2,1-2H3,(H,65,73)/b26-25-,45-43+. The molecule has 1 aliphatic heterocycles. The topological polar surface area (TPSA) is 189 Å². The molecule has 75 heavy (non-hydrogen) atoms. The molecule has 11 heteroatoms. The van der Waals surface area contributed by atoms with Gasteiger partial charge in [-0.25, -0.2) is 0 Å². The maximum Gasteiger partial charge on any atom is 0.249 e. The summed E-state index contributed by atoms with van der Waals surface area (Å²) in [5, 5.41) is 76.2. The van der Waals surface area contributed by atoms with Crippen molar-refractivity contribution in [3.05, 3.63) is 24.3 Å². The summed E-state index contributed by atoms with van der Waals surface area (Å²) in [5.74, 6) is -0.701. The quantitative estimate of drug-likeness (QED) is 0.0215. The first kappa shape index (κ1) is 71.6. The van der Waals surface area contributed by atoms with Crippen LogP contribution in [0, 0.1) is 0 Å². The number of aliphatic hydroxyl groups excluding tert-OH is 7. The number of amides is 1. The smallest absolute Gasteiger partial charge is 0.249 e. The fraction of sp³-hybridized carbons (Fsp3) is 0.922. The number of ether oxygens (including phenoxy) is 2. The van der Waals surface area contributed by atoms with Crippen molar-refractivity contribution in [2.75, 3.05) is 13.2 Å². The van der Waals surface area contributed by atoms with Crippen molar-refractivity contribution in [1.29, 1.82) is 0 Å². The molecule has 0 aromatic heterocycles. The van der Waals surface area contributed by atoms with Gasteiger partial charge in [-0.05, 0) is 64.2 Å². The Balaban J connectivity index is 2.20. The molecule has 0 aromatic rings. The second-order valence-electron chi connectivity index (χ2n) is 22.8. The van der Waals surface area contributed by atoms with Crippen LogP contribution in [-0.4, -0.2) is 110 Å². The Morgan fingerprint density at radius 3 is 1.15 bits per heavy atom. The van der Waals surface area contributed by atoms with Crippen molar-refractivity contribution in [2.45, 2.75) is 364 Å². The van der Waals surface area contributed by atoms with Crippen molar-refractivity contribution >= 4 is 5.91 Å². The zero-order valence-corrected chi connectivity index (χ0v) is 48.8. The molecular formula is C64H123NO10. The number of aliphatic hydroxyl groups is 7. The molecule has 0 saturated carbocycles. The number of hydrogen-bond acceptors (Lipinski definition) is 10. The zero-order valence-electron chi connectivity index (χ0n) is 48.8. The molecule has 8 N–H and O–H groups in total. The van der Waals surface area contributed by atoms with Gasteiger partial charge in [0.1, 0.15) is 36.6 Å². The van der Waals surface area contributed by atoms with Gasteiger partial charge in [-0.3, -0.25) is 4.79 Å². The summed E-state index contributed by atoms with van der Waals surface area (Å²) in [7, 11) is 0. The van der Waals surface area contributed by atoms with Crippen LogP contribution in [0.4, 0.5) is 0 Å². The minimum absolute atomic E-state index is 0.257. The molecule has 444 valence electrons. The molecule has 0 aliphatic carbocycles. The van der Waals surface area contributed by atoms with Crippen LogP contribution in [0.1, 0.15) is 309 Å². The van der Waals surface area contributed by atoms with Gasteiger partial charge in [0.25, 0.3) is 0 Å². The zero-order chi connectivity index (χ0) is 54.7. The molecule has 11 nitrogen and oxygen atoms in total. The minimum atomic E-state index is -1.67. The molecule has 1 saturated heterocycles. The van der Waals surface area contributed by atoms with Crippen LogP contribution < -0.4 is 5.32 Å². The predicted molar refractivity (Wildman–Crippen MR) is 312 cm³/mol. The third-order valence-electron chi connectivity index (χ3n) is 15.7. The SMILES string of the molecule is CCCCCCCCCCCCC/C=C/CCCC(O)C(O)C(COC1OC(CO)C(O)C(O)C1O)NC(=O)C(O)CCCCCCCCCCCCCCCCCC/C=C\CCCCCCCCCCCCCC. The van der Waals surface area contributed by atoms with Gasteiger partial charge >= 0.3 is 0 Å². The number of hydrogen-bond donors (Lipinski definition) is 8. The summed E-state index contributed by atoms with van der Waals surface area (Å²) in [6.45, 7) is 3.47. The van der Waals surface area contributed by atoms with Crippen molar-refractivity contribution < 1.29 is 50.0 Å². The Labute approximate surface area is 461 Å². The lowest BCUT2D eigenvalue weighted by Crippen LogP contribution is -2.60. The molecule has 0 radical (unpaired) electrons. The van der Waals surface area contributed by atoms with E-state index in [0.717, 1.165) is 38.5 Å². The van der Waals surface area contributed by atoms with E-state index in [2.05, 4.69) is 43.5 Å². The average molecular weight is 1070 g/mol. The summed E-state index contributed by atoms with van der Waals surface area (Å²) in [6.07, 6.45) is 54.0. The van der Waals surface area contributed by atoms with Gasteiger partial charge in [0, 0.05) is 0 Å². The number of nitrogens with one attached hydrogen (secondary N) is 1. The Hall–Kier alpha value is -1.41. The molecule has 1 aliphatic rings. The van der Waals surface area contributed by atoms with E-state index < -0.39 is 74.2 Å². The van der Waals surface area contributed by atoms with Crippen LogP contribution in [0.15, 0.2) is 24.3 Å². The number of carbonyl (C=O) groups is 1. The molecule has 0 bridgehead atoms. The summed E-state index contributed by atoms with van der Waals surface area (Å²) < 4.78 is 11.1. The molecule has 1 fully saturated rings. The maximum absolute atomic E-state index is 13.2. The fourth-order valence-corrected chi connectivity index (χ4v) is 10.5. The molecule has 1 rings (SSSR count). The van der Waals surface area contributed by atoms with Crippen LogP contribution in [-0.2, 0) is 14.3 Å². The van der Waals surface area contributed by atoms with Crippen LogP contribution >= 0.6 is 0 Å². The normalized spacial score (nSPS) is 19.8. The van der Waals surface area contributed by atoms with Crippen molar-refractivity contribution in [3.8, 4) is 0 Å². The second-order valence-corrected chi connectivity index (χ2v) is 22.8. The Bertz CT molecular complexity index is 1270. The minimum Gasteiger partial charge on any atom is -0.394 e. The van der Waals surface area contributed by atoms with Gasteiger partial charge in [0.05, 0.1) is 25.4 Å². The van der Waals surface area contributed by atoms with E-state index in [0.29, 0.717) is 12.8 Å². The fourth-order valence-electron chi connectivity index (χ4n) is 10.5. The van der Waals surface area contributed by atoms with Gasteiger partial charge in [-0.15, -0.1) is 0 Å². The van der Waals surface area contributed by atoms with Gasteiger partial charge in [-0.2, -0.15) is 0 Å². The highest BCUT2D eigenvalue weighted by Gasteiger charge is 2.44. The van der Waals surface area contributed by atoms with Crippen molar-refractivity contribution in [2.24, 2.45) is 0 Å². The van der Waals surface area contributed by atoms with Gasteiger partial charge in [0.2, 0.25) is 5.91 Å². The molecular weight excluding hydrogens is 943 g/mol. The highest BCUT2D eigenvalue weighted by Crippen LogP contribution is 2.24. The van der Waals surface area contributed by atoms with E-state index in [1.807, 2.05) is 0 Å². The van der Waals surface area contributed by atoms with E-state index in [-0.39, 0.29) is 12.8 Å². The van der Waals surface area contributed by atoms with E-state index in [4.69, 9.17) is 9.47 Å². The first-order chi connectivity index (χ1) is 36.7. The third-order valence-corrected chi connectivity index (χ3v) is 15.7. The number of carbonyl (C=O) groups excluding carboxylic acids is 1.